The zero-order valence-electron chi connectivity index (χ0n) is 11.5. The van der Waals surface area contributed by atoms with Crippen LogP contribution in [0.3, 0.4) is 0 Å². The van der Waals surface area contributed by atoms with Crippen LogP contribution in [0.25, 0.3) is 0 Å². The molecule has 0 radical (unpaired) electrons. The Morgan fingerprint density at radius 3 is 2.61 bits per heavy atom. The third-order valence-electron chi connectivity index (χ3n) is 3.15. The van der Waals surface area contributed by atoms with Gasteiger partial charge < -0.3 is 5.73 Å². The lowest BCUT2D eigenvalue weighted by Gasteiger charge is -2.23. The van der Waals surface area contributed by atoms with Gasteiger partial charge in [-0.25, -0.2) is 0 Å². The molecule has 5 nitrogen and oxygen atoms in total. The summed E-state index contributed by atoms with van der Waals surface area (Å²) in [6.07, 6.45) is 0. The Labute approximate surface area is 117 Å². The zero-order valence-corrected chi connectivity index (χ0v) is 13.1. The van der Waals surface area contributed by atoms with Crippen LogP contribution < -0.4 is 5.73 Å². The fourth-order valence-electron chi connectivity index (χ4n) is 1.85. The highest BCUT2D eigenvalue weighted by atomic mass is 79.9. The van der Waals surface area contributed by atoms with Crippen LogP contribution in [0.1, 0.15) is 25.2 Å². The monoisotopic (exact) mass is 315 g/mol. The first kappa shape index (κ1) is 15.2. The van der Waals surface area contributed by atoms with Crippen molar-refractivity contribution in [3.05, 3.63) is 15.9 Å². The summed E-state index contributed by atoms with van der Waals surface area (Å²) in [7, 11) is 1.95. The lowest BCUT2D eigenvalue weighted by Crippen LogP contribution is -2.34. The maximum atomic E-state index is 7.46. The lowest BCUT2D eigenvalue weighted by atomic mass is 10.1. The first-order valence-corrected chi connectivity index (χ1v) is 6.90. The van der Waals surface area contributed by atoms with E-state index in [1.807, 2.05) is 25.6 Å². The SMILES string of the molecule is CCN(Cc1c(Br)c(C)nn1C)CC(C)C(=N)N. The van der Waals surface area contributed by atoms with Gasteiger partial charge in [-0.05, 0) is 29.4 Å². The van der Waals surface area contributed by atoms with Gasteiger partial charge in [-0.1, -0.05) is 13.8 Å². The smallest absolute Gasteiger partial charge is 0.0947 e. The van der Waals surface area contributed by atoms with Gasteiger partial charge in [-0.2, -0.15) is 5.10 Å². The van der Waals surface area contributed by atoms with Crippen molar-refractivity contribution in [3.63, 3.8) is 0 Å². The topological polar surface area (TPSA) is 70.9 Å². The van der Waals surface area contributed by atoms with Crippen LogP contribution in [0.2, 0.25) is 0 Å². The fourth-order valence-corrected chi connectivity index (χ4v) is 2.32. The summed E-state index contributed by atoms with van der Waals surface area (Å²) >= 11 is 3.58. The molecular weight excluding hydrogens is 294 g/mol. The van der Waals surface area contributed by atoms with Crippen molar-refractivity contribution >= 4 is 21.8 Å². The van der Waals surface area contributed by atoms with Gasteiger partial charge >= 0.3 is 0 Å². The summed E-state index contributed by atoms with van der Waals surface area (Å²) in [5, 5.41) is 11.8. The van der Waals surface area contributed by atoms with E-state index in [4.69, 9.17) is 11.1 Å². The Hall–Kier alpha value is -0.880. The minimum atomic E-state index is 0.0815. The summed E-state index contributed by atoms with van der Waals surface area (Å²) in [5.74, 6) is 0.326. The van der Waals surface area contributed by atoms with E-state index in [9.17, 15) is 0 Å². The maximum absolute atomic E-state index is 7.46. The van der Waals surface area contributed by atoms with Crippen LogP contribution in [-0.4, -0.2) is 33.6 Å². The highest BCUT2D eigenvalue weighted by Gasteiger charge is 2.16. The largest absolute Gasteiger partial charge is 0.387 e. The molecule has 1 aromatic heterocycles. The normalized spacial score (nSPS) is 13.0. The molecule has 1 heterocycles. The van der Waals surface area contributed by atoms with Crippen LogP contribution in [0.4, 0.5) is 0 Å². The van der Waals surface area contributed by atoms with Gasteiger partial charge in [-0.3, -0.25) is 15.0 Å². The Morgan fingerprint density at radius 2 is 2.22 bits per heavy atom. The van der Waals surface area contributed by atoms with Gasteiger partial charge in [0.2, 0.25) is 0 Å². The average Bonchev–Trinajstić information content (AvgIpc) is 2.54. The van der Waals surface area contributed by atoms with Crippen LogP contribution in [0.5, 0.6) is 0 Å². The second-order valence-corrected chi connectivity index (χ2v) is 5.45. The number of aromatic nitrogens is 2. The molecule has 3 N–H and O–H groups in total. The Balaban J connectivity index is 2.77. The number of rotatable bonds is 6. The Morgan fingerprint density at radius 1 is 1.61 bits per heavy atom. The summed E-state index contributed by atoms with van der Waals surface area (Å²) in [5.41, 5.74) is 7.69. The van der Waals surface area contributed by atoms with Gasteiger partial charge in [0.15, 0.2) is 0 Å². The average molecular weight is 316 g/mol. The number of hydrogen-bond acceptors (Lipinski definition) is 3. The third-order valence-corrected chi connectivity index (χ3v) is 4.18. The molecule has 6 heteroatoms. The Kier molecular flexibility index (Phi) is 5.34. The van der Waals surface area contributed by atoms with Crippen LogP contribution in [0, 0.1) is 18.3 Å². The van der Waals surface area contributed by atoms with E-state index in [-0.39, 0.29) is 11.8 Å². The minimum Gasteiger partial charge on any atom is -0.387 e. The van der Waals surface area contributed by atoms with Gasteiger partial charge in [-0.15, -0.1) is 0 Å². The summed E-state index contributed by atoms with van der Waals surface area (Å²) in [6.45, 7) is 8.61. The van der Waals surface area contributed by atoms with Crippen LogP contribution in [-0.2, 0) is 13.6 Å². The predicted octanol–water partition coefficient (Wildman–Crippen LogP) is 1.88. The van der Waals surface area contributed by atoms with Crippen molar-refractivity contribution in [1.29, 1.82) is 5.41 Å². The lowest BCUT2D eigenvalue weighted by molar-refractivity contribution is 0.256. The molecule has 0 aliphatic carbocycles. The second kappa shape index (κ2) is 6.33. The van der Waals surface area contributed by atoms with E-state index in [2.05, 4.69) is 32.9 Å². The number of hydrogen-bond donors (Lipinski definition) is 2. The van der Waals surface area contributed by atoms with Crippen molar-refractivity contribution in [2.24, 2.45) is 18.7 Å². The first-order chi connectivity index (χ1) is 8.36. The van der Waals surface area contributed by atoms with E-state index in [1.54, 1.807) is 0 Å². The van der Waals surface area contributed by atoms with Crippen molar-refractivity contribution in [3.8, 4) is 0 Å². The van der Waals surface area contributed by atoms with Crippen molar-refractivity contribution in [2.45, 2.75) is 27.3 Å². The van der Waals surface area contributed by atoms with Gasteiger partial charge in [0.1, 0.15) is 0 Å². The zero-order chi connectivity index (χ0) is 13.9. The minimum absolute atomic E-state index is 0.0815. The molecule has 0 aromatic carbocycles. The molecule has 0 amide bonds. The summed E-state index contributed by atoms with van der Waals surface area (Å²) < 4.78 is 2.97. The number of aryl methyl sites for hydroxylation is 2. The third kappa shape index (κ3) is 3.55. The molecule has 0 fully saturated rings. The molecule has 0 bridgehead atoms. The van der Waals surface area contributed by atoms with Crippen LogP contribution >= 0.6 is 15.9 Å². The highest BCUT2D eigenvalue weighted by molar-refractivity contribution is 9.10. The molecule has 18 heavy (non-hydrogen) atoms. The van der Waals surface area contributed by atoms with Crippen molar-refractivity contribution < 1.29 is 0 Å². The number of amidine groups is 1. The molecule has 0 saturated heterocycles. The molecule has 1 rings (SSSR count). The molecular formula is C12H22BrN5. The highest BCUT2D eigenvalue weighted by Crippen LogP contribution is 2.21. The fraction of sp³-hybridized carbons (Fsp3) is 0.667. The summed E-state index contributed by atoms with van der Waals surface area (Å²) in [4.78, 5) is 2.27. The van der Waals surface area contributed by atoms with E-state index in [0.29, 0.717) is 0 Å². The molecule has 0 saturated carbocycles. The molecule has 0 aliphatic rings. The standard InChI is InChI=1S/C12H22BrN5/c1-5-18(6-8(2)12(14)15)7-10-11(13)9(3)16-17(10)4/h8H,5-7H2,1-4H3,(H3,14,15). The first-order valence-electron chi connectivity index (χ1n) is 6.11. The maximum Gasteiger partial charge on any atom is 0.0947 e. The van der Waals surface area contributed by atoms with E-state index in [1.165, 1.54) is 0 Å². The molecule has 1 unspecified atom stereocenters. The number of halogens is 1. The number of nitrogens with one attached hydrogen (secondary N) is 1. The second-order valence-electron chi connectivity index (χ2n) is 4.65. The van der Waals surface area contributed by atoms with E-state index in [0.717, 1.165) is 35.5 Å². The number of nitrogens with zero attached hydrogens (tertiary/aromatic N) is 3. The molecule has 102 valence electrons. The Bertz CT molecular complexity index is 426. The van der Waals surface area contributed by atoms with E-state index >= 15 is 0 Å². The molecule has 0 spiro atoms. The quantitative estimate of drug-likeness (QED) is 0.622. The molecule has 1 aromatic rings. The van der Waals surface area contributed by atoms with Crippen molar-refractivity contribution in [1.82, 2.24) is 14.7 Å². The molecule has 1 atom stereocenters. The van der Waals surface area contributed by atoms with Crippen molar-refractivity contribution in [2.75, 3.05) is 13.1 Å². The predicted molar refractivity (Wildman–Crippen MR) is 77.7 cm³/mol. The van der Waals surface area contributed by atoms with Gasteiger partial charge in [0.25, 0.3) is 0 Å². The van der Waals surface area contributed by atoms with Gasteiger partial charge in [0, 0.05) is 26.1 Å². The van der Waals surface area contributed by atoms with Crippen LogP contribution in [0.15, 0.2) is 4.47 Å². The molecule has 0 aliphatic heterocycles. The number of nitrogens with two attached hydrogens (primary N) is 1. The summed E-state index contributed by atoms with van der Waals surface area (Å²) in [6, 6.07) is 0. The van der Waals surface area contributed by atoms with Gasteiger partial charge in [0.05, 0.1) is 21.7 Å². The van der Waals surface area contributed by atoms with E-state index < -0.39 is 0 Å².